The summed E-state index contributed by atoms with van der Waals surface area (Å²) in [5, 5.41) is 2.66. The number of nitrogens with zero attached hydrogens (tertiary/aromatic N) is 4. The molecule has 0 aliphatic carbocycles. The van der Waals surface area contributed by atoms with E-state index in [9.17, 15) is 13.6 Å². The Hall–Kier alpha value is -2.64. The maximum absolute atomic E-state index is 14.5. The summed E-state index contributed by atoms with van der Waals surface area (Å²) in [6.45, 7) is 2.60. The Morgan fingerprint density at radius 2 is 1.89 bits per heavy atom. The van der Waals surface area contributed by atoms with Gasteiger partial charge in [-0.2, -0.15) is 0 Å². The number of halogens is 2. The van der Waals surface area contributed by atoms with Gasteiger partial charge in [0.15, 0.2) is 11.6 Å². The van der Waals surface area contributed by atoms with Crippen LogP contribution in [0.25, 0.3) is 0 Å². The van der Waals surface area contributed by atoms with Crippen molar-refractivity contribution >= 4 is 17.4 Å². The topological polar surface area (TPSA) is 53.4 Å². The van der Waals surface area contributed by atoms with E-state index in [0.29, 0.717) is 26.2 Å². The van der Waals surface area contributed by atoms with Crippen molar-refractivity contribution < 1.29 is 13.6 Å². The Bertz CT molecular complexity index is 781. The predicted molar refractivity (Wildman–Crippen MR) is 98.8 cm³/mol. The average molecular weight is 375 g/mol. The molecule has 1 aromatic carbocycles. The van der Waals surface area contributed by atoms with E-state index >= 15 is 0 Å². The van der Waals surface area contributed by atoms with Crippen molar-refractivity contribution in [3.8, 4) is 0 Å². The van der Waals surface area contributed by atoms with Crippen LogP contribution in [-0.4, -0.2) is 46.2 Å². The van der Waals surface area contributed by atoms with Crippen LogP contribution in [0.1, 0.15) is 25.7 Å². The molecule has 144 valence electrons. The van der Waals surface area contributed by atoms with Crippen LogP contribution in [0, 0.1) is 11.6 Å². The second kappa shape index (κ2) is 7.54. The first kappa shape index (κ1) is 17.8. The molecule has 2 aromatic rings. The van der Waals surface area contributed by atoms with E-state index in [4.69, 9.17) is 0 Å². The summed E-state index contributed by atoms with van der Waals surface area (Å²) in [7, 11) is 0. The largest absolute Gasteiger partial charge is 0.367 e. The molecule has 4 rings (SSSR count). The minimum Gasteiger partial charge on any atom is -0.367 e. The van der Waals surface area contributed by atoms with Crippen molar-refractivity contribution in [1.29, 1.82) is 0 Å². The van der Waals surface area contributed by atoms with Gasteiger partial charge in [0.2, 0.25) is 0 Å². The summed E-state index contributed by atoms with van der Waals surface area (Å²) in [6, 6.07) is 2.12. The lowest BCUT2D eigenvalue weighted by Gasteiger charge is -2.25. The Morgan fingerprint density at radius 3 is 2.56 bits per heavy atom. The molecule has 2 aliphatic heterocycles. The van der Waals surface area contributed by atoms with Gasteiger partial charge in [0.05, 0.1) is 12.4 Å². The summed E-state index contributed by atoms with van der Waals surface area (Å²) < 4.78 is 30.9. The van der Waals surface area contributed by atoms with Gasteiger partial charge in [-0.05, 0) is 37.8 Å². The summed E-state index contributed by atoms with van der Waals surface area (Å²) in [5.41, 5.74) is 0.149. The van der Waals surface area contributed by atoms with Gasteiger partial charge in [0.25, 0.3) is 0 Å². The number of nitrogens with one attached hydrogen (secondary N) is 1. The van der Waals surface area contributed by atoms with Crippen LogP contribution in [0.15, 0.2) is 30.9 Å². The molecule has 0 bridgehead atoms. The van der Waals surface area contributed by atoms with E-state index in [-0.39, 0.29) is 23.4 Å². The lowest BCUT2D eigenvalue weighted by Crippen LogP contribution is -2.40. The number of rotatable bonds is 4. The Morgan fingerprint density at radius 1 is 1.15 bits per heavy atom. The molecule has 1 atom stereocenters. The molecule has 0 radical (unpaired) electrons. The summed E-state index contributed by atoms with van der Waals surface area (Å²) >= 11 is 0. The number of benzene rings is 1. The first-order chi connectivity index (χ1) is 13.1. The number of hydrogen-bond acceptors (Lipinski definition) is 3. The average Bonchev–Trinajstić information content (AvgIpc) is 3.37. The molecule has 0 spiro atoms. The van der Waals surface area contributed by atoms with Crippen LogP contribution < -0.4 is 10.2 Å². The number of anilines is 2. The van der Waals surface area contributed by atoms with Gasteiger partial charge in [-0.25, -0.2) is 18.6 Å². The fourth-order valence-electron chi connectivity index (χ4n) is 4.01. The fraction of sp³-hybridized carbons (Fsp3) is 0.474. The molecule has 0 unspecified atom stereocenters. The quantitative estimate of drug-likeness (QED) is 0.891. The van der Waals surface area contributed by atoms with Crippen molar-refractivity contribution in [2.45, 2.75) is 38.3 Å². The first-order valence-corrected chi connectivity index (χ1v) is 9.39. The number of imidazole rings is 1. The molecule has 1 aromatic heterocycles. The zero-order valence-corrected chi connectivity index (χ0v) is 15.1. The molecule has 3 heterocycles. The fourth-order valence-corrected chi connectivity index (χ4v) is 4.01. The third-order valence-corrected chi connectivity index (χ3v) is 5.31. The van der Waals surface area contributed by atoms with Crippen LogP contribution >= 0.6 is 0 Å². The number of carbonyl (C=O) groups is 1. The molecule has 2 saturated heterocycles. The molecule has 27 heavy (non-hydrogen) atoms. The van der Waals surface area contributed by atoms with Crippen LogP contribution in [0.5, 0.6) is 0 Å². The third kappa shape index (κ3) is 3.74. The van der Waals surface area contributed by atoms with E-state index < -0.39 is 11.6 Å². The highest BCUT2D eigenvalue weighted by Crippen LogP contribution is 2.30. The molecule has 2 fully saturated rings. The number of likely N-dealkylation sites (tertiary alicyclic amines) is 1. The van der Waals surface area contributed by atoms with Crippen molar-refractivity contribution in [3.63, 3.8) is 0 Å². The summed E-state index contributed by atoms with van der Waals surface area (Å²) in [5.74, 6) is -1.27. The molecule has 2 amide bonds. The highest BCUT2D eigenvalue weighted by Gasteiger charge is 2.29. The van der Waals surface area contributed by atoms with E-state index in [1.54, 1.807) is 22.3 Å². The molecule has 1 N–H and O–H groups in total. The van der Waals surface area contributed by atoms with Crippen molar-refractivity contribution in [3.05, 3.63) is 42.5 Å². The molecule has 2 aliphatic rings. The van der Waals surface area contributed by atoms with Gasteiger partial charge in [0, 0.05) is 44.3 Å². The predicted octanol–water partition coefficient (Wildman–Crippen LogP) is 3.46. The number of urea groups is 1. The van der Waals surface area contributed by atoms with Gasteiger partial charge in [-0.15, -0.1) is 0 Å². The monoisotopic (exact) mass is 375 g/mol. The van der Waals surface area contributed by atoms with Crippen LogP contribution in [0.4, 0.5) is 25.0 Å². The van der Waals surface area contributed by atoms with Crippen molar-refractivity contribution in [1.82, 2.24) is 14.5 Å². The number of aromatic nitrogens is 2. The Labute approximate surface area is 156 Å². The number of carbonyl (C=O) groups excluding carboxylic acids is 1. The molecular weight excluding hydrogens is 352 g/mol. The van der Waals surface area contributed by atoms with E-state index in [0.717, 1.165) is 25.7 Å². The van der Waals surface area contributed by atoms with Gasteiger partial charge in [-0.1, -0.05) is 0 Å². The van der Waals surface area contributed by atoms with Crippen LogP contribution in [0.2, 0.25) is 0 Å². The Balaban J connectivity index is 1.45. The zero-order valence-electron chi connectivity index (χ0n) is 15.1. The van der Waals surface area contributed by atoms with Crippen molar-refractivity contribution in [2.24, 2.45) is 0 Å². The van der Waals surface area contributed by atoms with E-state index in [2.05, 4.69) is 10.3 Å². The smallest absolute Gasteiger partial charge is 0.322 e. The standard InChI is InChI=1S/C19H23F2N5O/c20-16-10-14(11-17(21)18(16)25-6-1-2-7-25)23-19(27)26-8-3-4-15(26)12-24-9-5-22-13-24/h5,9-11,13,15H,1-4,6-8,12H2,(H,23,27)/t15-/m0/s1. The highest BCUT2D eigenvalue weighted by atomic mass is 19.1. The molecule has 8 heteroatoms. The lowest BCUT2D eigenvalue weighted by molar-refractivity contribution is 0.201. The Kier molecular flexibility index (Phi) is 4.96. The van der Waals surface area contributed by atoms with Crippen LogP contribution in [0.3, 0.4) is 0 Å². The third-order valence-electron chi connectivity index (χ3n) is 5.31. The van der Waals surface area contributed by atoms with Crippen molar-refractivity contribution in [2.75, 3.05) is 29.9 Å². The summed E-state index contributed by atoms with van der Waals surface area (Å²) in [6.07, 6.45) is 8.94. The second-order valence-corrected chi connectivity index (χ2v) is 7.16. The normalized spacial score (nSPS) is 19.7. The number of hydrogen-bond donors (Lipinski definition) is 1. The molecular formula is C19H23F2N5O. The van der Waals surface area contributed by atoms with Gasteiger partial charge in [0.1, 0.15) is 5.69 Å². The van der Waals surface area contributed by atoms with Gasteiger partial charge < -0.3 is 19.7 Å². The molecule has 6 nitrogen and oxygen atoms in total. The minimum atomic E-state index is -0.636. The van der Waals surface area contributed by atoms with Gasteiger partial charge in [-0.3, -0.25) is 0 Å². The first-order valence-electron chi connectivity index (χ1n) is 9.39. The van der Waals surface area contributed by atoms with E-state index in [1.807, 2.05) is 10.8 Å². The highest BCUT2D eigenvalue weighted by molar-refractivity contribution is 5.90. The van der Waals surface area contributed by atoms with Gasteiger partial charge >= 0.3 is 6.03 Å². The maximum atomic E-state index is 14.5. The zero-order chi connectivity index (χ0) is 18.8. The minimum absolute atomic E-state index is 0.00431. The molecule has 0 saturated carbocycles. The maximum Gasteiger partial charge on any atom is 0.322 e. The SMILES string of the molecule is O=C(Nc1cc(F)c(N2CCCC2)c(F)c1)N1CCC[C@H]1Cn1ccnc1. The lowest BCUT2D eigenvalue weighted by atomic mass is 10.2. The second-order valence-electron chi connectivity index (χ2n) is 7.16. The number of amides is 2. The van der Waals surface area contributed by atoms with Crippen LogP contribution in [-0.2, 0) is 6.54 Å². The summed E-state index contributed by atoms with van der Waals surface area (Å²) in [4.78, 5) is 20.1. The van der Waals surface area contributed by atoms with E-state index in [1.165, 1.54) is 12.1 Å².